The predicted molar refractivity (Wildman–Crippen MR) is 62.8 cm³/mol. The van der Waals surface area contributed by atoms with Gasteiger partial charge in [0.15, 0.2) is 0 Å². The maximum atomic E-state index is 11.4. The fraction of sp³-hybridized carbons (Fsp3) is 0.300. The third-order valence-electron chi connectivity index (χ3n) is 1.95. The average molecular weight is 275 g/mol. The molecule has 14 heavy (non-hydrogen) atoms. The molecular weight excluding hydrogens is 264 g/mol. The van der Waals surface area contributed by atoms with E-state index in [1.807, 2.05) is 24.3 Å². The second-order valence-electron chi connectivity index (χ2n) is 2.78. The predicted octanol–water partition coefficient (Wildman–Crippen LogP) is 2.64. The summed E-state index contributed by atoms with van der Waals surface area (Å²) in [6.45, 7) is 0. The molecule has 1 aromatic rings. The highest BCUT2D eigenvalue weighted by Gasteiger charge is 2.21. The fourth-order valence-electron chi connectivity index (χ4n) is 1.20. The largest absolute Gasteiger partial charge is 0.469 e. The van der Waals surface area contributed by atoms with Crippen LogP contribution in [0, 0.1) is 0 Å². The van der Waals surface area contributed by atoms with E-state index >= 15 is 0 Å². The van der Waals surface area contributed by atoms with Crippen molar-refractivity contribution in [3.05, 3.63) is 34.3 Å². The van der Waals surface area contributed by atoms with Crippen LogP contribution in [0.4, 0.5) is 0 Å². The average Bonchev–Trinajstić information content (AvgIpc) is 2.21. The van der Waals surface area contributed by atoms with Gasteiger partial charge in [-0.1, -0.05) is 34.1 Å². The molecule has 0 saturated carbocycles. The Morgan fingerprint density at radius 2 is 2.21 bits per heavy atom. The molecule has 0 aliphatic heterocycles. The molecule has 0 amide bonds. The van der Waals surface area contributed by atoms with E-state index in [9.17, 15) is 4.79 Å². The summed E-state index contributed by atoms with van der Waals surface area (Å²) in [5.41, 5.74) is 0.911. The number of thiol groups is 1. The van der Waals surface area contributed by atoms with Gasteiger partial charge in [-0.15, -0.1) is 0 Å². The number of hydrogen-bond acceptors (Lipinski definition) is 3. The quantitative estimate of drug-likeness (QED) is 0.678. The Labute approximate surface area is 97.2 Å². The topological polar surface area (TPSA) is 26.3 Å². The van der Waals surface area contributed by atoms with Crippen molar-refractivity contribution in [3.8, 4) is 0 Å². The minimum absolute atomic E-state index is 0.257. The summed E-state index contributed by atoms with van der Waals surface area (Å²) >= 11 is 7.54. The summed E-state index contributed by atoms with van der Waals surface area (Å²) in [5, 5.41) is 0. The summed E-state index contributed by atoms with van der Waals surface area (Å²) in [4.78, 5) is 11.4. The van der Waals surface area contributed by atoms with E-state index < -0.39 is 0 Å². The van der Waals surface area contributed by atoms with Crippen LogP contribution in [0.5, 0.6) is 0 Å². The Balaban J connectivity index is 3.01. The Hall–Kier alpha value is -0.480. The molecule has 1 atom stereocenters. The van der Waals surface area contributed by atoms with Crippen LogP contribution in [-0.4, -0.2) is 18.8 Å². The zero-order valence-electron chi connectivity index (χ0n) is 7.74. The van der Waals surface area contributed by atoms with Crippen LogP contribution in [-0.2, 0) is 9.53 Å². The molecule has 0 bridgehead atoms. The number of carbonyl (C=O) groups excluding carboxylic acids is 1. The second-order valence-corrected chi connectivity index (χ2v) is 4.00. The number of ether oxygens (including phenoxy) is 1. The summed E-state index contributed by atoms with van der Waals surface area (Å²) in [7, 11) is 1.38. The molecule has 0 saturated heterocycles. The molecule has 0 fully saturated rings. The Morgan fingerprint density at radius 3 is 2.71 bits per heavy atom. The summed E-state index contributed by atoms with van der Waals surface area (Å²) in [6, 6.07) is 7.58. The molecule has 0 N–H and O–H groups in total. The zero-order chi connectivity index (χ0) is 10.6. The van der Waals surface area contributed by atoms with Crippen molar-refractivity contribution in [3.63, 3.8) is 0 Å². The molecule has 0 spiro atoms. The normalized spacial score (nSPS) is 12.2. The number of hydrogen-bond donors (Lipinski definition) is 1. The minimum atomic E-state index is -0.307. The zero-order valence-corrected chi connectivity index (χ0v) is 10.2. The molecule has 0 heterocycles. The first kappa shape index (κ1) is 11.6. The summed E-state index contributed by atoms with van der Waals surface area (Å²) in [5.74, 6) is -0.124. The lowest BCUT2D eigenvalue weighted by Gasteiger charge is -2.13. The van der Waals surface area contributed by atoms with Crippen LogP contribution in [0.1, 0.15) is 11.5 Å². The van der Waals surface area contributed by atoms with Crippen molar-refractivity contribution >= 4 is 34.5 Å². The number of methoxy groups -OCH3 is 1. The SMILES string of the molecule is COC(=O)C(CS)c1ccccc1Br. The first-order valence-corrected chi connectivity index (χ1v) is 5.56. The highest BCUT2D eigenvalue weighted by atomic mass is 79.9. The highest BCUT2D eigenvalue weighted by molar-refractivity contribution is 9.10. The molecule has 0 aliphatic rings. The lowest BCUT2D eigenvalue weighted by molar-refractivity contribution is -0.141. The van der Waals surface area contributed by atoms with Gasteiger partial charge in [-0.2, -0.15) is 12.6 Å². The molecule has 4 heteroatoms. The van der Waals surface area contributed by atoms with Crippen molar-refractivity contribution in [2.45, 2.75) is 5.92 Å². The number of halogens is 1. The molecule has 1 rings (SSSR count). The minimum Gasteiger partial charge on any atom is -0.469 e. The molecule has 0 aromatic heterocycles. The fourth-order valence-corrected chi connectivity index (χ4v) is 2.11. The van der Waals surface area contributed by atoms with Gasteiger partial charge in [0.2, 0.25) is 0 Å². The lowest BCUT2D eigenvalue weighted by Crippen LogP contribution is -2.16. The Morgan fingerprint density at radius 1 is 1.57 bits per heavy atom. The van der Waals surface area contributed by atoms with Gasteiger partial charge in [-0.3, -0.25) is 4.79 Å². The molecule has 76 valence electrons. The van der Waals surface area contributed by atoms with Crippen molar-refractivity contribution in [2.75, 3.05) is 12.9 Å². The third-order valence-corrected chi connectivity index (χ3v) is 3.04. The van der Waals surface area contributed by atoms with Crippen molar-refractivity contribution in [1.82, 2.24) is 0 Å². The number of benzene rings is 1. The van der Waals surface area contributed by atoms with Crippen LogP contribution in [0.2, 0.25) is 0 Å². The standard InChI is InChI=1S/C10H11BrO2S/c1-13-10(12)8(6-14)7-4-2-3-5-9(7)11/h2-5,8,14H,6H2,1H3. The van der Waals surface area contributed by atoms with Crippen LogP contribution in [0.3, 0.4) is 0 Å². The van der Waals surface area contributed by atoms with Gasteiger partial charge in [-0.05, 0) is 11.6 Å². The van der Waals surface area contributed by atoms with Crippen LogP contribution < -0.4 is 0 Å². The van der Waals surface area contributed by atoms with Gasteiger partial charge in [0.05, 0.1) is 13.0 Å². The molecule has 0 radical (unpaired) electrons. The summed E-state index contributed by atoms with van der Waals surface area (Å²) in [6.07, 6.45) is 0. The molecule has 0 aliphatic carbocycles. The van der Waals surface area contributed by atoms with Crippen LogP contribution >= 0.6 is 28.6 Å². The van der Waals surface area contributed by atoms with Gasteiger partial charge in [0, 0.05) is 10.2 Å². The maximum absolute atomic E-state index is 11.4. The van der Waals surface area contributed by atoms with E-state index in [-0.39, 0.29) is 11.9 Å². The smallest absolute Gasteiger partial charge is 0.314 e. The van der Waals surface area contributed by atoms with Crippen molar-refractivity contribution in [2.24, 2.45) is 0 Å². The van der Waals surface area contributed by atoms with Gasteiger partial charge < -0.3 is 4.74 Å². The first-order chi connectivity index (χ1) is 6.70. The molecular formula is C10H11BrO2S. The van der Waals surface area contributed by atoms with E-state index in [2.05, 4.69) is 28.6 Å². The molecule has 1 unspecified atom stereocenters. The van der Waals surface area contributed by atoms with Crippen LogP contribution in [0.25, 0.3) is 0 Å². The summed E-state index contributed by atoms with van der Waals surface area (Å²) < 4.78 is 5.61. The number of esters is 1. The van der Waals surface area contributed by atoms with Crippen molar-refractivity contribution < 1.29 is 9.53 Å². The van der Waals surface area contributed by atoms with E-state index in [0.29, 0.717) is 5.75 Å². The van der Waals surface area contributed by atoms with Gasteiger partial charge in [-0.25, -0.2) is 0 Å². The van der Waals surface area contributed by atoms with Gasteiger partial charge in [0.25, 0.3) is 0 Å². The Kier molecular flexibility index (Phi) is 4.48. The second kappa shape index (κ2) is 5.41. The number of carbonyl (C=O) groups is 1. The van der Waals surface area contributed by atoms with Gasteiger partial charge in [0.1, 0.15) is 0 Å². The lowest BCUT2D eigenvalue weighted by atomic mass is 10.0. The third kappa shape index (κ3) is 2.51. The van der Waals surface area contributed by atoms with E-state index in [0.717, 1.165) is 10.0 Å². The van der Waals surface area contributed by atoms with Crippen LogP contribution in [0.15, 0.2) is 28.7 Å². The first-order valence-electron chi connectivity index (χ1n) is 4.13. The van der Waals surface area contributed by atoms with E-state index in [1.165, 1.54) is 7.11 Å². The van der Waals surface area contributed by atoms with Crippen molar-refractivity contribution in [1.29, 1.82) is 0 Å². The van der Waals surface area contributed by atoms with E-state index in [4.69, 9.17) is 4.74 Å². The molecule has 2 nitrogen and oxygen atoms in total. The van der Waals surface area contributed by atoms with E-state index in [1.54, 1.807) is 0 Å². The Bertz CT molecular complexity index is 328. The van der Waals surface area contributed by atoms with Gasteiger partial charge >= 0.3 is 5.97 Å². The maximum Gasteiger partial charge on any atom is 0.314 e. The number of rotatable bonds is 3. The molecule has 1 aromatic carbocycles. The monoisotopic (exact) mass is 274 g/mol. The highest BCUT2D eigenvalue weighted by Crippen LogP contribution is 2.26.